The van der Waals surface area contributed by atoms with E-state index in [1.54, 1.807) is 11.2 Å². The maximum Gasteiger partial charge on any atom is 0.254 e. The van der Waals surface area contributed by atoms with Gasteiger partial charge in [0.2, 0.25) is 0 Å². The first-order valence-corrected chi connectivity index (χ1v) is 8.08. The number of rotatable bonds is 2. The quantitative estimate of drug-likeness (QED) is 0.849. The molecule has 2 aromatic rings. The molecule has 0 bridgehead atoms. The van der Waals surface area contributed by atoms with Gasteiger partial charge in [-0.2, -0.15) is 0 Å². The van der Waals surface area contributed by atoms with E-state index in [-0.39, 0.29) is 22.8 Å². The van der Waals surface area contributed by atoms with Gasteiger partial charge in [0, 0.05) is 31.6 Å². The van der Waals surface area contributed by atoms with E-state index >= 15 is 0 Å². The van der Waals surface area contributed by atoms with E-state index < -0.39 is 11.6 Å². The molecule has 4 rings (SSSR count). The first-order valence-electron chi connectivity index (χ1n) is 8.08. The maximum atomic E-state index is 13.4. The van der Waals surface area contributed by atoms with Crippen LogP contribution in [0.2, 0.25) is 0 Å². The SMILES string of the molecule is Cn1cnnc1C1CN(C(=O)c2ccc(F)c(F)c2)CC12CCC2. The van der Waals surface area contributed by atoms with Crippen LogP contribution in [0.15, 0.2) is 24.5 Å². The highest BCUT2D eigenvalue weighted by atomic mass is 19.2. The third-order valence-corrected chi connectivity index (χ3v) is 5.51. The number of hydrogen-bond acceptors (Lipinski definition) is 3. The Balaban J connectivity index is 1.62. The van der Waals surface area contributed by atoms with Crippen molar-refractivity contribution in [3.63, 3.8) is 0 Å². The Bertz CT molecular complexity index is 800. The Kier molecular flexibility index (Phi) is 3.40. The fourth-order valence-corrected chi connectivity index (χ4v) is 4.04. The van der Waals surface area contributed by atoms with E-state index in [1.807, 2.05) is 11.6 Å². The molecule has 1 atom stereocenters. The van der Waals surface area contributed by atoms with Gasteiger partial charge in [-0.3, -0.25) is 4.79 Å². The number of benzene rings is 1. The lowest BCUT2D eigenvalue weighted by atomic mass is 9.62. The van der Waals surface area contributed by atoms with E-state index in [0.29, 0.717) is 13.1 Å². The normalized spacial score (nSPS) is 22.0. The van der Waals surface area contributed by atoms with Crippen molar-refractivity contribution < 1.29 is 13.6 Å². The second kappa shape index (κ2) is 5.36. The summed E-state index contributed by atoms with van der Waals surface area (Å²) in [5, 5.41) is 8.19. The molecule has 1 aromatic carbocycles. The van der Waals surface area contributed by atoms with Crippen LogP contribution in [0.1, 0.15) is 41.4 Å². The van der Waals surface area contributed by atoms with E-state index in [0.717, 1.165) is 37.2 Å². The van der Waals surface area contributed by atoms with Crippen molar-refractivity contribution in [2.24, 2.45) is 12.5 Å². The van der Waals surface area contributed by atoms with Crippen molar-refractivity contribution in [1.29, 1.82) is 0 Å². The summed E-state index contributed by atoms with van der Waals surface area (Å²) in [4.78, 5) is 14.5. The van der Waals surface area contributed by atoms with E-state index in [9.17, 15) is 13.6 Å². The fourth-order valence-electron chi connectivity index (χ4n) is 4.04. The van der Waals surface area contributed by atoms with Gasteiger partial charge in [-0.05, 0) is 36.5 Å². The molecule has 0 N–H and O–H groups in total. The molecule has 1 spiro atoms. The van der Waals surface area contributed by atoms with Gasteiger partial charge < -0.3 is 9.47 Å². The van der Waals surface area contributed by atoms with Crippen LogP contribution in [-0.2, 0) is 7.05 Å². The minimum atomic E-state index is -0.997. The third-order valence-electron chi connectivity index (χ3n) is 5.51. The van der Waals surface area contributed by atoms with Gasteiger partial charge >= 0.3 is 0 Å². The molecule has 5 nitrogen and oxygen atoms in total. The van der Waals surface area contributed by atoms with Crippen molar-refractivity contribution >= 4 is 5.91 Å². The van der Waals surface area contributed by atoms with Gasteiger partial charge in [-0.1, -0.05) is 6.42 Å². The van der Waals surface area contributed by atoms with Crippen LogP contribution in [0.25, 0.3) is 0 Å². The number of aromatic nitrogens is 3. The van der Waals surface area contributed by atoms with Crippen molar-refractivity contribution in [3.8, 4) is 0 Å². The molecule has 1 aliphatic carbocycles. The Morgan fingerprint density at radius 3 is 2.67 bits per heavy atom. The summed E-state index contributed by atoms with van der Waals surface area (Å²) in [6.07, 6.45) is 4.90. The summed E-state index contributed by atoms with van der Waals surface area (Å²) in [7, 11) is 1.90. The monoisotopic (exact) mass is 332 g/mol. The summed E-state index contributed by atoms with van der Waals surface area (Å²) < 4.78 is 28.4. The van der Waals surface area contributed by atoms with Gasteiger partial charge in [-0.15, -0.1) is 10.2 Å². The molecule has 2 fully saturated rings. The third kappa shape index (κ3) is 2.22. The molecule has 24 heavy (non-hydrogen) atoms. The first kappa shape index (κ1) is 15.2. The Morgan fingerprint density at radius 1 is 1.29 bits per heavy atom. The molecule has 1 saturated carbocycles. The van der Waals surface area contributed by atoms with Crippen molar-refractivity contribution in [3.05, 3.63) is 47.5 Å². The van der Waals surface area contributed by atoms with Gasteiger partial charge in [0.15, 0.2) is 11.6 Å². The zero-order valence-electron chi connectivity index (χ0n) is 13.4. The molecular weight excluding hydrogens is 314 g/mol. The van der Waals surface area contributed by atoms with Crippen molar-refractivity contribution in [2.45, 2.75) is 25.2 Å². The molecule has 126 valence electrons. The first-order chi connectivity index (χ1) is 11.5. The number of likely N-dealkylation sites (tertiary alicyclic amines) is 1. The van der Waals surface area contributed by atoms with Crippen LogP contribution < -0.4 is 0 Å². The minimum absolute atomic E-state index is 0.0367. The van der Waals surface area contributed by atoms with Crippen LogP contribution in [0.3, 0.4) is 0 Å². The topological polar surface area (TPSA) is 51.0 Å². The van der Waals surface area contributed by atoms with Crippen LogP contribution in [0, 0.1) is 17.0 Å². The van der Waals surface area contributed by atoms with E-state index in [4.69, 9.17) is 0 Å². The summed E-state index contributed by atoms with van der Waals surface area (Å²) in [6, 6.07) is 3.31. The molecule has 1 aliphatic heterocycles. The number of carbonyl (C=O) groups is 1. The molecule has 7 heteroatoms. The highest BCUT2D eigenvalue weighted by molar-refractivity contribution is 5.94. The second-order valence-electron chi connectivity index (χ2n) is 6.88. The average Bonchev–Trinajstić information content (AvgIpc) is 3.12. The van der Waals surface area contributed by atoms with Crippen molar-refractivity contribution in [2.75, 3.05) is 13.1 Å². The molecule has 1 saturated heterocycles. The minimum Gasteiger partial charge on any atom is -0.337 e. The van der Waals surface area contributed by atoms with Crippen LogP contribution >= 0.6 is 0 Å². The summed E-state index contributed by atoms with van der Waals surface area (Å²) in [5.74, 6) is -1.18. The Labute approximate surface area is 138 Å². The highest BCUT2D eigenvalue weighted by Gasteiger charge is 2.53. The molecule has 2 aliphatic rings. The summed E-state index contributed by atoms with van der Waals surface area (Å²) >= 11 is 0. The number of amides is 1. The van der Waals surface area contributed by atoms with Crippen LogP contribution in [0.4, 0.5) is 8.78 Å². The number of carbonyl (C=O) groups excluding carboxylic acids is 1. The van der Waals surface area contributed by atoms with Gasteiger partial charge in [0.05, 0.1) is 0 Å². The number of aryl methyl sites for hydroxylation is 1. The molecule has 0 radical (unpaired) electrons. The molecule has 1 aromatic heterocycles. The number of nitrogens with zero attached hydrogens (tertiary/aromatic N) is 4. The van der Waals surface area contributed by atoms with Crippen LogP contribution in [0.5, 0.6) is 0 Å². The molecule has 2 heterocycles. The highest BCUT2D eigenvalue weighted by Crippen LogP contribution is 2.55. The van der Waals surface area contributed by atoms with Gasteiger partial charge in [0.1, 0.15) is 12.2 Å². The lowest BCUT2D eigenvalue weighted by Gasteiger charge is -2.42. The lowest BCUT2D eigenvalue weighted by molar-refractivity contribution is 0.0723. The van der Waals surface area contributed by atoms with E-state index in [1.165, 1.54) is 6.07 Å². The zero-order valence-corrected chi connectivity index (χ0v) is 13.4. The largest absolute Gasteiger partial charge is 0.337 e. The van der Waals surface area contributed by atoms with Crippen molar-refractivity contribution in [1.82, 2.24) is 19.7 Å². The van der Waals surface area contributed by atoms with Gasteiger partial charge in [-0.25, -0.2) is 8.78 Å². The van der Waals surface area contributed by atoms with E-state index in [2.05, 4.69) is 10.2 Å². The van der Waals surface area contributed by atoms with Gasteiger partial charge in [0.25, 0.3) is 5.91 Å². The zero-order chi connectivity index (χ0) is 16.9. The molecule has 1 unspecified atom stereocenters. The number of hydrogen-bond donors (Lipinski definition) is 0. The second-order valence-corrected chi connectivity index (χ2v) is 6.88. The Hall–Kier alpha value is -2.31. The standard InChI is InChI=1S/C17H18F2N4O/c1-22-10-20-21-15(22)12-8-23(9-17(12)5-2-6-17)16(24)11-3-4-13(18)14(19)7-11/h3-4,7,10,12H,2,5-6,8-9H2,1H3. The predicted octanol–water partition coefficient (Wildman–Crippen LogP) is 2.50. The summed E-state index contributed by atoms with van der Waals surface area (Å²) in [6.45, 7) is 1.16. The fraction of sp³-hybridized carbons (Fsp3) is 0.471. The Morgan fingerprint density at radius 2 is 2.08 bits per heavy atom. The smallest absolute Gasteiger partial charge is 0.254 e. The summed E-state index contributed by atoms with van der Waals surface area (Å²) in [5.41, 5.74) is 0.219. The average molecular weight is 332 g/mol. The molecular formula is C17H18F2N4O. The maximum absolute atomic E-state index is 13.4. The lowest BCUT2D eigenvalue weighted by Crippen LogP contribution is -2.38. The number of halogens is 2. The molecule has 1 amide bonds. The predicted molar refractivity (Wildman–Crippen MR) is 82.3 cm³/mol. The van der Waals surface area contributed by atoms with Crippen LogP contribution in [-0.4, -0.2) is 38.7 Å².